The molecule has 166 valence electrons. The van der Waals surface area contributed by atoms with E-state index >= 15 is 0 Å². The summed E-state index contributed by atoms with van der Waals surface area (Å²) in [7, 11) is 1.98. The average molecular weight is 416 g/mol. The minimum Gasteiger partial charge on any atom is -0.354 e. The zero-order valence-corrected chi connectivity index (χ0v) is 18.6. The van der Waals surface area contributed by atoms with E-state index in [-0.39, 0.29) is 12.0 Å². The quantitative estimate of drug-likeness (QED) is 0.569. The molecule has 1 unspecified atom stereocenters. The standard InChI is InChI=1S/C22H37N7O/c1-16-26-27-20(28(16)2)14-23-22(24-18-10-4-3-5-11-18)25-19-12-13-29(15-19)21(30)17-8-6-7-9-17/h17-19H,3-15H2,1-2H3,(H2,23,24,25). The number of carbonyl (C=O) groups is 1. The number of hydrogen-bond donors (Lipinski definition) is 2. The molecular weight excluding hydrogens is 378 g/mol. The maximum Gasteiger partial charge on any atom is 0.225 e. The Kier molecular flexibility index (Phi) is 6.89. The molecule has 2 N–H and O–H groups in total. The lowest BCUT2D eigenvalue weighted by Gasteiger charge is -2.27. The first-order valence-corrected chi connectivity index (χ1v) is 11.8. The Hall–Kier alpha value is -2.12. The maximum atomic E-state index is 12.8. The molecule has 2 aliphatic carbocycles. The summed E-state index contributed by atoms with van der Waals surface area (Å²) < 4.78 is 1.99. The van der Waals surface area contributed by atoms with E-state index in [0.29, 0.717) is 18.5 Å². The van der Waals surface area contributed by atoms with Crippen LogP contribution in [0.1, 0.15) is 75.9 Å². The molecule has 8 nitrogen and oxygen atoms in total. The van der Waals surface area contributed by atoms with E-state index in [2.05, 4.69) is 25.7 Å². The van der Waals surface area contributed by atoms with Crippen molar-refractivity contribution in [1.82, 2.24) is 30.3 Å². The molecule has 1 aromatic heterocycles. The van der Waals surface area contributed by atoms with Crippen molar-refractivity contribution in [3.05, 3.63) is 11.6 Å². The van der Waals surface area contributed by atoms with Crippen molar-refractivity contribution >= 4 is 11.9 Å². The third kappa shape index (κ3) is 5.13. The van der Waals surface area contributed by atoms with Crippen molar-refractivity contribution in [1.29, 1.82) is 0 Å². The van der Waals surface area contributed by atoms with Gasteiger partial charge in [-0.05, 0) is 39.0 Å². The molecule has 3 aliphatic rings. The number of amides is 1. The van der Waals surface area contributed by atoms with Crippen LogP contribution in [0.3, 0.4) is 0 Å². The van der Waals surface area contributed by atoms with E-state index in [9.17, 15) is 4.79 Å². The van der Waals surface area contributed by atoms with Gasteiger partial charge in [0.15, 0.2) is 11.8 Å². The van der Waals surface area contributed by atoms with Gasteiger partial charge in [-0.15, -0.1) is 10.2 Å². The Morgan fingerprint density at radius 3 is 2.40 bits per heavy atom. The van der Waals surface area contributed by atoms with Crippen molar-refractivity contribution in [3.8, 4) is 0 Å². The summed E-state index contributed by atoms with van der Waals surface area (Å²) in [5.41, 5.74) is 0. The highest BCUT2D eigenvalue weighted by molar-refractivity contribution is 5.81. The zero-order valence-electron chi connectivity index (χ0n) is 18.6. The molecule has 0 radical (unpaired) electrons. The molecule has 1 aliphatic heterocycles. The number of nitrogens with one attached hydrogen (secondary N) is 2. The molecule has 1 aromatic rings. The first kappa shape index (κ1) is 21.1. The van der Waals surface area contributed by atoms with E-state index in [1.54, 1.807) is 0 Å². The van der Waals surface area contributed by atoms with Gasteiger partial charge < -0.3 is 20.1 Å². The number of nitrogens with zero attached hydrogens (tertiary/aromatic N) is 5. The minimum absolute atomic E-state index is 0.256. The molecule has 4 rings (SSSR count). The Balaban J connectivity index is 1.38. The highest BCUT2D eigenvalue weighted by Crippen LogP contribution is 2.28. The molecule has 0 spiro atoms. The molecule has 1 amide bonds. The number of aryl methyl sites for hydroxylation is 1. The first-order valence-electron chi connectivity index (χ1n) is 11.8. The Morgan fingerprint density at radius 1 is 1.00 bits per heavy atom. The summed E-state index contributed by atoms with van der Waals surface area (Å²) in [6.07, 6.45) is 11.8. The van der Waals surface area contributed by atoms with E-state index in [1.165, 1.54) is 44.9 Å². The van der Waals surface area contributed by atoms with Crippen LogP contribution in [0.5, 0.6) is 0 Å². The number of aromatic nitrogens is 3. The fraction of sp³-hybridized carbons (Fsp3) is 0.818. The number of guanidine groups is 1. The Labute approximate surface area is 179 Å². The number of carbonyl (C=O) groups excluding carboxylic acids is 1. The molecule has 2 heterocycles. The third-order valence-electron chi connectivity index (χ3n) is 7.05. The lowest BCUT2D eigenvalue weighted by molar-refractivity contribution is -0.134. The summed E-state index contributed by atoms with van der Waals surface area (Å²) in [6.45, 7) is 4.08. The van der Waals surface area contributed by atoms with E-state index in [4.69, 9.17) is 4.99 Å². The second kappa shape index (κ2) is 9.79. The third-order valence-corrected chi connectivity index (χ3v) is 7.05. The van der Waals surface area contributed by atoms with Crippen molar-refractivity contribution in [2.24, 2.45) is 18.0 Å². The van der Waals surface area contributed by atoms with Crippen LogP contribution in [0, 0.1) is 12.8 Å². The van der Waals surface area contributed by atoms with Gasteiger partial charge in [0.05, 0.1) is 0 Å². The minimum atomic E-state index is 0.256. The molecule has 30 heavy (non-hydrogen) atoms. The monoisotopic (exact) mass is 415 g/mol. The van der Waals surface area contributed by atoms with Crippen molar-refractivity contribution < 1.29 is 4.79 Å². The fourth-order valence-corrected chi connectivity index (χ4v) is 5.01. The van der Waals surface area contributed by atoms with Gasteiger partial charge in [0.2, 0.25) is 5.91 Å². The highest BCUT2D eigenvalue weighted by Gasteiger charge is 2.32. The number of hydrogen-bond acceptors (Lipinski definition) is 4. The van der Waals surface area contributed by atoms with Gasteiger partial charge in [0.25, 0.3) is 0 Å². The van der Waals surface area contributed by atoms with Crippen LogP contribution < -0.4 is 10.6 Å². The lowest BCUT2D eigenvalue weighted by Crippen LogP contribution is -2.49. The number of rotatable bonds is 5. The second-order valence-corrected chi connectivity index (χ2v) is 9.26. The Morgan fingerprint density at radius 2 is 1.70 bits per heavy atom. The average Bonchev–Trinajstić information content (AvgIpc) is 3.51. The van der Waals surface area contributed by atoms with Gasteiger partial charge in [-0.1, -0.05) is 32.1 Å². The van der Waals surface area contributed by atoms with Crippen LogP contribution in [0.25, 0.3) is 0 Å². The maximum absolute atomic E-state index is 12.8. The molecule has 0 bridgehead atoms. The lowest BCUT2D eigenvalue weighted by atomic mass is 9.96. The second-order valence-electron chi connectivity index (χ2n) is 9.26. The summed E-state index contributed by atoms with van der Waals surface area (Å²) in [5, 5.41) is 15.7. The molecule has 8 heteroatoms. The molecule has 1 atom stereocenters. The fourth-order valence-electron chi connectivity index (χ4n) is 5.01. The van der Waals surface area contributed by atoms with Gasteiger partial charge in [-0.3, -0.25) is 4.79 Å². The summed E-state index contributed by atoms with van der Waals surface area (Å²) >= 11 is 0. The molecule has 1 saturated heterocycles. The molecule has 0 aromatic carbocycles. The Bertz CT molecular complexity index is 747. The summed E-state index contributed by atoms with van der Waals surface area (Å²) in [4.78, 5) is 19.7. The largest absolute Gasteiger partial charge is 0.354 e. The van der Waals surface area contributed by atoms with Gasteiger partial charge in [0.1, 0.15) is 12.4 Å². The van der Waals surface area contributed by atoms with E-state index < -0.39 is 0 Å². The van der Waals surface area contributed by atoms with Crippen LogP contribution in [0.15, 0.2) is 4.99 Å². The summed E-state index contributed by atoms with van der Waals surface area (Å²) in [5.74, 6) is 3.23. The van der Waals surface area contributed by atoms with Crippen molar-refractivity contribution in [2.75, 3.05) is 13.1 Å². The zero-order chi connectivity index (χ0) is 20.9. The molecular formula is C22H37N7O. The van der Waals surface area contributed by atoms with Crippen molar-refractivity contribution in [3.63, 3.8) is 0 Å². The van der Waals surface area contributed by atoms with E-state index in [1.807, 2.05) is 18.5 Å². The van der Waals surface area contributed by atoms with E-state index in [0.717, 1.165) is 50.0 Å². The van der Waals surface area contributed by atoms with Gasteiger partial charge in [0, 0.05) is 38.1 Å². The van der Waals surface area contributed by atoms with Crippen LogP contribution in [0.4, 0.5) is 0 Å². The topological polar surface area (TPSA) is 87.4 Å². The first-order chi connectivity index (χ1) is 14.6. The highest BCUT2D eigenvalue weighted by atomic mass is 16.2. The van der Waals surface area contributed by atoms with Gasteiger partial charge in [-0.2, -0.15) is 0 Å². The van der Waals surface area contributed by atoms with Crippen LogP contribution in [0.2, 0.25) is 0 Å². The normalized spacial score (nSPS) is 23.9. The smallest absolute Gasteiger partial charge is 0.225 e. The van der Waals surface area contributed by atoms with Gasteiger partial charge >= 0.3 is 0 Å². The molecule has 2 saturated carbocycles. The number of aliphatic imine (C=N–C) groups is 1. The summed E-state index contributed by atoms with van der Waals surface area (Å²) in [6, 6.07) is 0.732. The predicted molar refractivity (Wildman–Crippen MR) is 117 cm³/mol. The van der Waals surface area contributed by atoms with Crippen LogP contribution in [-0.2, 0) is 18.4 Å². The van der Waals surface area contributed by atoms with Crippen molar-refractivity contribution in [2.45, 2.75) is 89.8 Å². The predicted octanol–water partition coefficient (Wildman–Crippen LogP) is 2.28. The number of likely N-dealkylation sites (tertiary alicyclic amines) is 1. The van der Waals surface area contributed by atoms with Gasteiger partial charge in [-0.25, -0.2) is 4.99 Å². The SMILES string of the molecule is Cc1nnc(CN=C(NC2CCCCC2)NC2CCN(C(=O)C3CCCC3)C2)n1C. The van der Waals surface area contributed by atoms with Crippen LogP contribution >= 0.6 is 0 Å². The van der Waals surface area contributed by atoms with Crippen LogP contribution in [-0.4, -0.2) is 56.7 Å². The molecule has 3 fully saturated rings.